The van der Waals surface area contributed by atoms with Crippen molar-refractivity contribution >= 4 is 14.8 Å². The van der Waals surface area contributed by atoms with E-state index in [4.69, 9.17) is 13.4 Å². The molecule has 0 aliphatic carbocycles. The van der Waals surface area contributed by atoms with Crippen molar-refractivity contribution in [3.05, 3.63) is 0 Å². The molecule has 0 aromatic carbocycles. The molecule has 0 fully saturated rings. The van der Waals surface area contributed by atoms with Crippen LogP contribution in [0.5, 0.6) is 0 Å². The Morgan fingerprint density at radius 3 is 1.17 bits per heavy atom. The van der Waals surface area contributed by atoms with Gasteiger partial charge in [0.25, 0.3) is 0 Å². The summed E-state index contributed by atoms with van der Waals surface area (Å²) >= 11 is -4.04. The fourth-order valence-corrected chi connectivity index (χ4v) is 0. The van der Waals surface area contributed by atoms with Crippen molar-refractivity contribution in [2.75, 3.05) is 0 Å². The molecule has 0 aromatic rings. The van der Waals surface area contributed by atoms with Gasteiger partial charge in [-0.2, -0.15) is 0 Å². The first-order valence-electron chi connectivity index (χ1n) is 0.742. The van der Waals surface area contributed by atoms with Gasteiger partial charge in [0.1, 0.15) is 0 Å². The molecule has 0 unspecified atom stereocenters. The molecule has 6 heavy (non-hydrogen) atoms. The van der Waals surface area contributed by atoms with Crippen LogP contribution in [0.15, 0.2) is 0 Å². The molecule has 0 saturated carbocycles. The Hall–Kier alpha value is 0.590. The first kappa shape index (κ1) is 9.77. The average molecular weight is 321 g/mol. The molecule has 34 valence electrons. The quantitative estimate of drug-likeness (QED) is 0.545. The molecule has 0 aromatic heterocycles. The summed E-state index contributed by atoms with van der Waals surface area (Å²) in [4.78, 5) is 0. The molecule has 0 bridgehead atoms. The third-order valence-corrected chi connectivity index (χ3v) is 0. The van der Waals surface area contributed by atoms with Crippen LogP contribution in [0.2, 0.25) is 0 Å². The summed E-state index contributed by atoms with van der Waals surface area (Å²) in [5, 5.41) is 0. The molecule has 0 amide bonds. The first-order valence-corrected chi connectivity index (χ1v) is 5.07. The Balaban J connectivity index is 0. The average Bonchev–Trinajstić information content (AvgIpc) is 1.39. The zero-order valence-corrected chi connectivity index (χ0v) is 7.85. The van der Waals surface area contributed by atoms with E-state index in [0.717, 1.165) is 0 Å². The number of hydrogen-bond donors (Lipinski definition) is 0. The first-order chi connectivity index (χ1) is 2.83. The van der Waals surface area contributed by atoms with Crippen molar-refractivity contribution in [1.29, 1.82) is 0 Å². The van der Waals surface area contributed by atoms with E-state index >= 15 is 0 Å². The van der Waals surface area contributed by atoms with Crippen LogP contribution < -0.4 is 0 Å². The van der Waals surface area contributed by atoms with Gasteiger partial charge in [-0.25, -0.2) is 0 Å². The maximum atomic E-state index is 8.57. The fraction of sp³-hybridized carbons (Fsp3) is 0. The third-order valence-electron chi connectivity index (χ3n) is 0. The Labute approximate surface area is 51.1 Å². The fourth-order valence-electron chi connectivity index (χ4n) is 0. The second kappa shape index (κ2) is 17.6. The summed E-state index contributed by atoms with van der Waals surface area (Å²) in [6, 6.07) is 0. The monoisotopic (exact) mass is 324 g/mol. The number of rotatable bonds is 0. The topological polar surface area (TPSA) is 68.3 Å². The molecule has 0 spiro atoms. The summed E-state index contributed by atoms with van der Waals surface area (Å²) in [5.74, 6) is 0. The SMILES string of the molecule is O=[Se]=O.[O]=[Hf]=[O]. The molecule has 4 nitrogen and oxygen atoms in total. The van der Waals surface area contributed by atoms with Gasteiger partial charge in [0.15, 0.2) is 0 Å². The van der Waals surface area contributed by atoms with Crippen molar-refractivity contribution in [2.45, 2.75) is 0 Å². The Morgan fingerprint density at radius 2 is 1.17 bits per heavy atom. The van der Waals surface area contributed by atoms with Crippen molar-refractivity contribution in [1.82, 2.24) is 0 Å². The molecule has 0 N–H and O–H groups in total. The van der Waals surface area contributed by atoms with Crippen LogP contribution in [0.3, 0.4) is 0 Å². The van der Waals surface area contributed by atoms with E-state index in [1.165, 1.54) is 0 Å². The second-order valence-electron chi connectivity index (χ2n) is 0.151. The van der Waals surface area contributed by atoms with Crippen LogP contribution in [0, 0.1) is 0 Å². The van der Waals surface area contributed by atoms with Gasteiger partial charge in [-0.1, -0.05) is 0 Å². The molecule has 0 atom stereocenters. The van der Waals surface area contributed by atoms with Gasteiger partial charge in [0, 0.05) is 0 Å². The maximum absolute atomic E-state index is 8.57. The van der Waals surface area contributed by atoms with Crippen LogP contribution in [0.1, 0.15) is 0 Å². The predicted molar refractivity (Wildman–Crippen MR) is 8.50 cm³/mol. The Morgan fingerprint density at radius 1 is 1.17 bits per heavy atom. The van der Waals surface area contributed by atoms with E-state index in [0.29, 0.717) is 0 Å². The standard InChI is InChI=1S/Hf.O2Se.2O/c;1-3-2;;. The Kier molecular flexibility index (Phi) is 28.6. The van der Waals surface area contributed by atoms with Crippen LogP contribution in [-0.2, 0) is 36.3 Å². The normalized spacial score (nSPS) is 3.33. The van der Waals surface area contributed by atoms with Gasteiger partial charge in [0.2, 0.25) is 0 Å². The van der Waals surface area contributed by atoms with E-state index in [1.54, 1.807) is 0 Å². The van der Waals surface area contributed by atoms with Crippen molar-refractivity contribution in [3.8, 4) is 0 Å². The minimum absolute atomic E-state index is 1.62. The minimum atomic E-state index is -2.42. The third kappa shape index (κ3) is 170. The molecule has 0 radical (unpaired) electrons. The summed E-state index contributed by atoms with van der Waals surface area (Å²) in [5.41, 5.74) is 0. The van der Waals surface area contributed by atoms with Crippen LogP contribution in [-0.4, -0.2) is 14.8 Å². The van der Waals surface area contributed by atoms with Crippen molar-refractivity contribution in [2.24, 2.45) is 0 Å². The molecule has 0 saturated heterocycles. The summed E-state index contributed by atoms with van der Waals surface area (Å²) in [7, 11) is 0. The van der Waals surface area contributed by atoms with Crippen molar-refractivity contribution in [3.63, 3.8) is 0 Å². The van der Waals surface area contributed by atoms with E-state index in [9.17, 15) is 0 Å². The number of hydrogen-bond acceptors (Lipinski definition) is 4. The molecular weight excluding hydrogens is 321 g/mol. The zero-order valence-electron chi connectivity index (χ0n) is 2.54. The van der Waals surface area contributed by atoms with Crippen molar-refractivity contribution < 1.29 is 36.3 Å². The van der Waals surface area contributed by atoms with Gasteiger partial charge in [-0.3, -0.25) is 0 Å². The van der Waals surface area contributed by atoms with Gasteiger partial charge in [-0.05, 0) is 0 Å². The van der Waals surface area contributed by atoms with Gasteiger partial charge in [-0.15, -0.1) is 0 Å². The van der Waals surface area contributed by atoms with E-state index in [2.05, 4.69) is 0 Å². The van der Waals surface area contributed by atoms with Crippen LogP contribution in [0.25, 0.3) is 0 Å². The molecule has 0 rings (SSSR count). The molecule has 6 heteroatoms. The molecule has 0 aliphatic rings. The second-order valence-corrected chi connectivity index (χ2v) is 1.04. The van der Waals surface area contributed by atoms with E-state index in [-0.39, 0.29) is 0 Å². The Bertz CT molecular complexity index is 61.5. The van der Waals surface area contributed by atoms with Gasteiger partial charge in [0.05, 0.1) is 0 Å². The van der Waals surface area contributed by atoms with E-state index < -0.39 is 37.7 Å². The molecular formula is HfO4Se. The van der Waals surface area contributed by atoms with Gasteiger partial charge >= 0.3 is 51.1 Å². The predicted octanol–water partition coefficient (Wildman–Crippen LogP) is -0.859. The molecule has 0 aliphatic heterocycles. The molecule has 0 heterocycles. The van der Waals surface area contributed by atoms with E-state index in [1.807, 2.05) is 0 Å². The van der Waals surface area contributed by atoms with Crippen LogP contribution >= 0.6 is 0 Å². The zero-order chi connectivity index (χ0) is 5.41. The summed E-state index contributed by atoms with van der Waals surface area (Å²) in [6.45, 7) is 0. The van der Waals surface area contributed by atoms with Crippen LogP contribution in [0.4, 0.5) is 0 Å². The summed E-state index contributed by atoms with van der Waals surface area (Å²) in [6.07, 6.45) is 0. The van der Waals surface area contributed by atoms with Gasteiger partial charge < -0.3 is 0 Å². The summed E-state index contributed by atoms with van der Waals surface area (Å²) < 4.78 is 34.0.